The number of amides is 1. The van der Waals surface area contributed by atoms with Crippen LogP contribution in [0.2, 0.25) is 0 Å². The van der Waals surface area contributed by atoms with E-state index in [9.17, 15) is 14.7 Å². The second kappa shape index (κ2) is 6.04. The molecular formula is C12H23NO5. The monoisotopic (exact) mass is 261 g/mol. The number of carbonyl (C=O) groups excluding carboxylic acids is 1. The van der Waals surface area contributed by atoms with Crippen molar-refractivity contribution in [3.8, 4) is 0 Å². The molecule has 3 N–H and O–H groups in total. The number of carboxylic acids is 1. The summed E-state index contributed by atoms with van der Waals surface area (Å²) >= 11 is 0. The molecule has 0 aromatic heterocycles. The van der Waals surface area contributed by atoms with E-state index in [-0.39, 0.29) is 12.8 Å². The second-order valence-electron chi connectivity index (χ2n) is 5.89. The molecule has 0 bridgehead atoms. The number of aliphatic hydroxyl groups is 1. The summed E-state index contributed by atoms with van der Waals surface area (Å²) in [6, 6.07) is -1.06. The summed E-state index contributed by atoms with van der Waals surface area (Å²) < 4.78 is 4.97. The van der Waals surface area contributed by atoms with Crippen LogP contribution in [-0.4, -0.2) is 39.5 Å². The average molecular weight is 261 g/mol. The summed E-state index contributed by atoms with van der Waals surface area (Å²) in [6.07, 6.45) is -0.372. The Morgan fingerprint density at radius 3 is 2.06 bits per heavy atom. The maximum Gasteiger partial charge on any atom is 0.408 e. The molecule has 0 aromatic carbocycles. The molecule has 0 heterocycles. The van der Waals surface area contributed by atoms with Crippen LogP contribution in [0.3, 0.4) is 0 Å². The number of carbonyl (C=O) groups is 2. The van der Waals surface area contributed by atoms with Crippen molar-refractivity contribution in [2.75, 3.05) is 0 Å². The summed E-state index contributed by atoms with van der Waals surface area (Å²) in [4.78, 5) is 22.4. The topological polar surface area (TPSA) is 95.9 Å². The molecule has 0 rings (SSSR count). The van der Waals surface area contributed by atoms with Gasteiger partial charge in [0.05, 0.1) is 5.60 Å². The van der Waals surface area contributed by atoms with Crippen molar-refractivity contribution < 1.29 is 24.5 Å². The quantitative estimate of drug-likeness (QED) is 0.697. The zero-order chi connectivity index (χ0) is 14.6. The number of carboxylic acid groups (broad SMARTS) is 1. The first-order chi connectivity index (χ1) is 7.91. The highest BCUT2D eigenvalue weighted by Gasteiger charge is 2.25. The molecule has 0 spiro atoms. The number of aliphatic carboxylic acids is 1. The predicted molar refractivity (Wildman–Crippen MR) is 66.3 cm³/mol. The molecule has 6 nitrogen and oxygen atoms in total. The van der Waals surface area contributed by atoms with Crippen molar-refractivity contribution in [2.45, 2.75) is 64.7 Å². The normalized spacial score (nSPS) is 13.9. The van der Waals surface area contributed by atoms with Crippen LogP contribution >= 0.6 is 0 Å². The lowest BCUT2D eigenvalue weighted by Crippen LogP contribution is -2.44. The van der Waals surface area contributed by atoms with Crippen molar-refractivity contribution in [3.63, 3.8) is 0 Å². The molecule has 0 aliphatic rings. The van der Waals surface area contributed by atoms with E-state index in [0.29, 0.717) is 0 Å². The van der Waals surface area contributed by atoms with Crippen molar-refractivity contribution in [1.82, 2.24) is 5.32 Å². The van der Waals surface area contributed by atoms with Gasteiger partial charge in [-0.05, 0) is 47.5 Å². The van der Waals surface area contributed by atoms with Crippen LogP contribution in [0.5, 0.6) is 0 Å². The summed E-state index contributed by atoms with van der Waals surface area (Å²) in [5.74, 6) is -1.15. The number of hydrogen-bond donors (Lipinski definition) is 3. The Morgan fingerprint density at radius 1 is 1.22 bits per heavy atom. The lowest BCUT2D eigenvalue weighted by Gasteiger charge is -2.23. The Hall–Kier alpha value is -1.30. The molecule has 1 amide bonds. The van der Waals surface area contributed by atoms with Crippen LogP contribution in [0.1, 0.15) is 47.5 Å². The molecule has 18 heavy (non-hydrogen) atoms. The fraction of sp³-hybridized carbons (Fsp3) is 0.833. The van der Waals surface area contributed by atoms with Gasteiger partial charge in [0.25, 0.3) is 0 Å². The van der Waals surface area contributed by atoms with Crippen LogP contribution in [0.25, 0.3) is 0 Å². The lowest BCUT2D eigenvalue weighted by atomic mass is 9.99. The largest absolute Gasteiger partial charge is 0.480 e. The van der Waals surface area contributed by atoms with E-state index in [0.717, 1.165) is 0 Å². The Bertz CT molecular complexity index is 301. The standard InChI is InChI=1S/C12H23NO5/c1-11(2,3)18-10(16)13-8(9(14)15)6-7-12(4,5)17/h8,17H,6-7H2,1-5H3,(H,13,16)(H,14,15). The van der Waals surface area contributed by atoms with Gasteiger partial charge in [0.1, 0.15) is 11.6 Å². The van der Waals surface area contributed by atoms with E-state index in [1.165, 1.54) is 0 Å². The molecule has 1 unspecified atom stereocenters. The van der Waals surface area contributed by atoms with E-state index < -0.39 is 29.3 Å². The average Bonchev–Trinajstić information content (AvgIpc) is 2.06. The van der Waals surface area contributed by atoms with Gasteiger partial charge in [0.2, 0.25) is 0 Å². The van der Waals surface area contributed by atoms with E-state index in [1.807, 2.05) is 0 Å². The SMILES string of the molecule is CC(C)(O)CCC(NC(=O)OC(C)(C)C)C(=O)O. The molecule has 6 heteroatoms. The molecule has 1 atom stereocenters. The van der Waals surface area contributed by atoms with Crippen LogP contribution in [0.15, 0.2) is 0 Å². The van der Waals surface area contributed by atoms with Crippen LogP contribution in [0.4, 0.5) is 4.79 Å². The highest BCUT2D eigenvalue weighted by atomic mass is 16.6. The van der Waals surface area contributed by atoms with Gasteiger partial charge in [-0.15, -0.1) is 0 Å². The third kappa shape index (κ3) is 8.81. The zero-order valence-electron chi connectivity index (χ0n) is 11.6. The highest BCUT2D eigenvalue weighted by molar-refractivity contribution is 5.79. The van der Waals surface area contributed by atoms with E-state index in [4.69, 9.17) is 9.84 Å². The van der Waals surface area contributed by atoms with Gasteiger partial charge < -0.3 is 20.3 Å². The summed E-state index contributed by atoms with van der Waals surface area (Å²) in [5.41, 5.74) is -1.65. The molecule has 0 aliphatic carbocycles. The molecule has 106 valence electrons. The zero-order valence-corrected chi connectivity index (χ0v) is 11.6. The van der Waals surface area contributed by atoms with Crippen molar-refractivity contribution in [2.24, 2.45) is 0 Å². The minimum atomic E-state index is -1.15. The van der Waals surface area contributed by atoms with Gasteiger partial charge in [0, 0.05) is 0 Å². The Morgan fingerprint density at radius 2 is 1.72 bits per heavy atom. The third-order valence-electron chi connectivity index (χ3n) is 2.03. The minimum Gasteiger partial charge on any atom is -0.480 e. The number of ether oxygens (including phenoxy) is 1. The lowest BCUT2D eigenvalue weighted by molar-refractivity contribution is -0.139. The Kier molecular flexibility index (Phi) is 5.60. The molecule has 0 saturated carbocycles. The Labute approximate surface area is 107 Å². The van der Waals surface area contributed by atoms with Crippen LogP contribution in [-0.2, 0) is 9.53 Å². The summed E-state index contributed by atoms with van der Waals surface area (Å²) in [5, 5.41) is 20.8. The summed E-state index contributed by atoms with van der Waals surface area (Å²) in [7, 11) is 0. The predicted octanol–water partition coefficient (Wildman–Crippen LogP) is 1.52. The first kappa shape index (κ1) is 16.7. The summed E-state index contributed by atoms with van der Waals surface area (Å²) in [6.45, 7) is 8.25. The molecule has 0 saturated heterocycles. The smallest absolute Gasteiger partial charge is 0.408 e. The van der Waals surface area contributed by atoms with Crippen molar-refractivity contribution >= 4 is 12.1 Å². The van der Waals surface area contributed by atoms with Gasteiger partial charge in [0.15, 0.2) is 0 Å². The maximum absolute atomic E-state index is 11.4. The maximum atomic E-state index is 11.4. The van der Waals surface area contributed by atoms with Gasteiger partial charge in [-0.3, -0.25) is 0 Å². The van der Waals surface area contributed by atoms with Gasteiger partial charge >= 0.3 is 12.1 Å². The fourth-order valence-corrected chi connectivity index (χ4v) is 1.20. The van der Waals surface area contributed by atoms with E-state index in [2.05, 4.69) is 5.32 Å². The molecule has 0 fully saturated rings. The van der Waals surface area contributed by atoms with Gasteiger partial charge in [-0.25, -0.2) is 9.59 Å². The molecular weight excluding hydrogens is 238 g/mol. The van der Waals surface area contributed by atoms with Crippen molar-refractivity contribution in [3.05, 3.63) is 0 Å². The third-order valence-corrected chi connectivity index (χ3v) is 2.03. The highest BCUT2D eigenvalue weighted by Crippen LogP contribution is 2.13. The van der Waals surface area contributed by atoms with Crippen molar-refractivity contribution in [1.29, 1.82) is 0 Å². The minimum absolute atomic E-state index is 0.137. The number of hydrogen-bond acceptors (Lipinski definition) is 4. The Balaban J connectivity index is 4.37. The first-order valence-electron chi connectivity index (χ1n) is 5.85. The number of alkyl carbamates (subject to hydrolysis) is 1. The first-order valence-corrected chi connectivity index (χ1v) is 5.85. The second-order valence-corrected chi connectivity index (χ2v) is 5.89. The van der Waals surface area contributed by atoms with E-state index in [1.54, 1.807) is 34.6 Å². The van der Waals surface area contributed by atoms with Gasteiger partial charge in [-0.1, -0.05) is 0 Å². The van der Waals surface area contributed by atoms with Gasteiger partial charge in [-0.2, -0.15) is 0 Å². The molecule has 0 aliphatic heterocycles. The molecule has 0 radical (unpaired) electrons. The van der Waals surface area contributed by atoms with Crippen LogP contribution < -0.4 is 5.32 Å². The van der Waals surface area contributed by atoms with E-state index >= 15 is 0 Å². The van der Waals surface area contributed by atoms with Crippen LogP contribution in [0, 0.1) is 0 Å². The number of rotatable bonds is 5. The molecule has 0 aromatic rings. The number of nitrogens with one attached hydrogen (secondary N) is 1. The fourth-order valence-electron chi connectivity index (χ4n) is 1.20.